The van der Waals surface area contributed by atoms with Gasteiger partial charge in [0.05, 0.1) is 10.9 Å². The number of carbonyl (C=O) groups is 1. The van der Waals surface area contributed by atoms with Crippen LogP contribution in [-0.4, -0.2) is 16.3 Å². The van der Waals surface area contributed by atoms with Crippen LogP contribution in [-0.2, 0) is 11.3 Å². The lowest BCUT2D eigenvalue weighted by Crippen LogP contribution is -2.14. The Morgan fingerprint density at radius 1 is 1.32 bits per heavy atom. The zero-order chi connectivity index (χ0) is 15.5. The van der Waals surface area contributed by atoms with Gasteiger partial charge in [0.15, 0.2) is 5.82 Å². The van der Waals surface area contributed by atoms with E-state index in [1.165, 1.54) is 0 Å². The molecule has 3 rings (SSSR count). The summed E-state index contributed by atoms with van der Waals surface area (Å²) in [5.74, 6) is 0.444. The van der Waals surface area contributed by atoms with Crippen LogP contribution < -0.4 is 5.32 Å². The second-order valence-electron chi connectivity index (χ2n) is 4.93. The SMILES string of the molecule is Cc1cc(Br)c2c(NC(=O)OCc3ccccc3)n[nH]c2c1. The maximum Gasteiger partial charge on any atom is 0.413 e. The zero-order valence-corrected chi connectivity index (χ0v) is 13.5. The smallest absolute Gasteiger partial charge is 0.413 e. The van der Waals surface area contributed by atoms with Crippen LogP contribution in [0.15, 0.2) is 46.9 Å². The van der Waals surface area contributed by atoms with Gasteiger partial charge in [-0.15, -0.1) is 0 Å². The van der Waals surface area contributed by atoms with E-state index in [0.717, 1.165) is 26.5 Å². The summed E-state index contributed by atoms with van der Waals surface area (Å²) in [5, 5.41) is 10.5. The van der Waals surface area contributed by atoms with Crippen LogP contribution in [0, 0.1) is 6.92 Å². The predicted octanol–water partition coefficient (Wildman–Crippen LogP) is 4.38. The summed E-state index contributed by atoms with van der Waals surface area (Å²) >= 11 is 3.49. The van der Waals surface area contributed by atoms with E-state index in [1.807, 2.05) is 49.4 Å². The fourth-order valence-corrected chi connectivity index (χ4v) is 2.95. The van der Waals surface area contributed by atoms with Gasteiger partial charge in [0.25, 0.3) is 0 Å². The van der Waals surface area contributed by atoms with Crippen LogP contribution in [0.3, 0.4) is 0 Å². The minimum atomic E-state index is -0.537. The third kappa shape index (κ3) is 3.12. The number of anilines is 1. The van der Waals surface area contributed by atoms with Crippen LogP contribution in [0.25, 0.3) is 10.9 Å². The molecule has 0 radical (unpaired) electrons. The Morgan fingerprint density at radius 2 is 2.09 bits per heavy atom. The fourth-order valence-electron chi connectivity index (χ4n) is 2.19. The Bertz CT molecular complexity index is 815. The Kier molecular flexibility index (Phi) is 4.11. The van der Waals surface area contributed by atoms with E-state index in [9.17, 15) is 4.79 Å². The number of fused-ring (bicyclic) bond motifs is 1. The first kappa shape index (κ1) is 14.6. The van der Waals surface area contributed by atoms with Crippen LogP contribution in [0.2, 0.25) is 0 Å². The van der Waals surface area contributed by atoms with Crippen LogP contribution in [0.1, 0.15) is 11.1 Å². The second-order valence-corrected chi connectivity index (χ2v) is 5.78. The maximum absolute atomic E-state index is 11.9. The molecule has 0 spiro atoms. The van der Waals surface area contributed by atoms with Crippen LogP contribution in [0.4, 0.5) is 10.6 Å². The van der Waals surface area contributed by atoms with Crippen molar-refractivity contribution in [1.82, 2.24) is 10.2 Å². The number of nitrogens with zero attached hydrogens (tertiary/aromatic N) is 1. The lowest BCUT2D eigenvalue weighted by molar-refractivity contribution is 0.155. The number of amides is 1. The van der Waals surface area contributed by atoms with Gasteiger partial charge in [0.2, 0.25) is 0 Å². The molecular formula is C16H14BrN3O2. The summed E-state index contributed by atoms with van der Waals surface area (Å²) in [6.45, 7) is 2.21. The molecule has 0 saturated heterocycles. The zero-order valence-electron chi connectivity index (χ0n) is 11.9. The third-order valence-corrected chi connectivity index (χ3v) is 3.82. The highest BCUT2D eigenvalue weighted by Crippen LogP contribution is 2.30. The number of halogens is 1. The number of nitrogens with one attached hydrogen (secondary N) is 2. The highest BCUT2D eigenvalue weighted by atomic mass is 79.9. The van der Waals surface area contributed by atoms with Crippen molar-refractivity contribution in [2.75, 3.05) is 5.32 Å². The predicted molar refractivity (Wildman–Crippen MR) is 88.8 cm³/mol. The third-order valence-electron chi connectivity index (χ3n) is 3.19. The molecule has 0 aliphatic carbocycles. The summed E-state index contributed by atoms with van der Waals surface area (Å²) < 4.78 is 6.06. The molecule has 0 aliphatic rings. The van der Waals surface area contributed by atoms with E-state index < -0.39 is 6.09 Å². The molecule has 0 unspecified atom stereocenters. The summed E-state index contributed by atoms with van der Waals surface area (Å²) in [6.07, 6.45) is -0.537. The summed E-state index contributed by atoms with van der Waals surface area (Å²) in [6, 6.07) is 13.5. The number of aromatic nitrogens is 2. The van der Waals surface area contributed by atoms with Gasteiger partial charge in [-0.05, 0) is 46.1 Å². The molecule has 2 N–H and O–H groups in total. The highest BCUT2D eigenvalue weighted by Gasteiger charge is 2.13. The first-order chi connectivity index (χ1) is 10.6. The van der Waals surface area contributed by atoms with Gasteiger partial charge < -0.3 is 4.74 Å². The topological polar surface area (TPSA) is 67.0 Å². The van der Waals surface area contributed by atoms with Crippen molar-refractivity contribution in [2.45, 2.75) is 13.5 Å². The van der Waals surface area contributed by atoms with Gasteiger partial charge in [-0.3, -0.25) is 10.4 Å². The number of carbonyl (C=O) groups excluding carboxylic acids is 1. The van der Waals surface area contributed by atoms with Crippen LogP contribution >= 0.6 is 15.9 Å². The number of H-pyrrole nitrogens is 1. The fraction of sp³-hybridized carbons (Fsp3) is 0.125. The van der Waals surface area contributed by atoms with Gasteiger partial charge in [0, 0.05) is 4.47 Å². The molecule has 0 saturated carbocycles. The Balaban J connectivity index is 1.72. The minimum absolute atomic E-state index is 0.218. The molecule has 112 valence electrons. The first-order valence-electron chi connectivity index (χ1n) is 6.75. The molecule has 1 aromatic heterocycles. The Hall–Kier alpha value is -2.34. The quantitative estimate of drug-likeness (QED) is 0.728. The van der Waals surface area contributed by atoms with Crippen molar-refractivity contribution >= 4 is 38.7 Å². The van der Waals surface area contributed by atoms with E-state index in [0.29, 0.717) is 5.82 Å². The number of aromatic amines is 1. The average Bonchev–Trinajstić information content (AvgIpc) is 2.89. The number of benzene rings is 2. The van der Waals surface area contributed by atoms with E-state index in [4.69, 9.17) is 4.74 Å². The first-order valence-corrected chi connectivity index (χ1v) is 7.55. The molecule has 1 amide bonds. The summed E-state index contributed by atoms with van der Waals surface area (Å²) in [4.78, 5) is 11.9. The molecule has 0 atom stereocenters. The molecule has 3 aromatic rings. The second kappa shape index (κ2) is 6.19. The molecule has 0 bridgehead atoms. The number of hydrogen-bond donors (Lipinski definition) is 2. The van der Waals surface area contributed by atoms with Gasteiger partial charge in [-0.2, -0.15) is 5.10 Å². The maximum atomic E-state index is 11.9. The van der Waals surface area contributed by atoms with Gasteiger partial charge in [-0.25, -0.2) is 4.79 Å². The minimum Gasteiger partial charge on any atom is -0.444 e. The van der Waals surface area contributed by atoms with Gasteiger partial charge in [-0.1, -0.05) is 30.3 Å². The van der Waals surface area contributed by atoms with Gasteiger partial charge >= 0.3 is 6.09 Å². The number of ether oxygens (including phenoxy) is 1. The van der Waals surface area contributed by atoms with Crippen LogP contribution in [0.5, 0.6) is 0 Å². The van der Waals surface area contributed by atoms with E-state index in [1.54, 1.807) is 0 Å². The summed E-state index contributed by atoms with van der Waals surface area (Å²) in [5.41, 5.74) is 2.88. The number of rotatable bonds is 3. The molecule has 0 aliphatic heterocycles. The van der Waals surface area contributed by atoms with Crippen molar-refractivity contribution in [2.24, 2.45) is 0 Å². The molecule has 1 heterocycles. The molecule has 6 heteroatoms. The Morgan fingerprint density at radius 3 is 2.86 bits per heavy atom. The van der Waals surface area contributed by atoms with Crippen molar-refractivity contribution in [3.63, 3.8) is 0 Å². The molecule has 22 heavy (non-hydrogen) atoms. The molecule has 0 fully saturated rings. The normalized spacial score (nSPS) is 10.6. The molecule has 5 nitrogen and oxygen atoms in total. The van der Waals surface area contributed by atoms with Crippen molar-refractivity contribution in [3.05, 3.63) is 58.1 Å². The average molecular weight is 360 g/mol. The highest BCUT2D eigenvalue weighted by molar-refractivity contribution is 9.10. The lowest BCUT2D eigenvalue weighted by Gasteiger charge is -2.06. The van der Waals surface area contributed by atoms with E-state index in [-0.39, 0.29) is 6.61 Å². The van der Waals surface area contributed by atoms with Crippen molar-refractivity contribution < 1.29 is 9.53 Å². The van der Waals surface area contributed by atoms with E-state index >= 15 is 0 Å². The molecule has 2 aromatic carbocycles. The monoisotopic (exact) mass is 359 g/mol. The number of hydrogen-bond acceptors (Lipinski definition) is 3. The molecular weight excluding hydrogens is 346 g/mol. The van der Waals surface area contributed by atoms with Crippen molar-refractivity contribution in [1.29, 1.82) is 0 Å². The Labute approximate surface area is 135 Å². The van der Waals surface area contributed by atoms with Gasteiger partial charge in [0.1, 0.15) is 6.61 Å². The standard InChI is InChI=1S/C16H14BrN3O2/c1-10-7-12(17)14-13(8-10)19-20-15(14)18-16(21)22-9-11-5-3-2-4-6-11/h2-8H,9H2,1H3,(H2,18,19,20,21). The largest absolute Gasteiger partial charge is 0.444 e. The van der Waals surface area contributed by atoms with E-state index in [2.05, 4.69) is 31.4 Å². The summed E-state index contributed by atoms with van der Waals surface area (Å²) in [7, 11) is 0. The lowest BCUT2D eigenvalue weighted by atomic mass is 10.2. The number of aryl methyl sites for hydroxylation is 1. The van der Waals surface area contributed by atoms with Crippen molar-refractivity contribution in [3.8, 4) is 0 Å².